The minimum absolute atomic E-state index is 0.795. The lowest BCUT2D eigenvalue weighted by atomic mass is 10.0. The normalized spacial score (nSPS) is 11.3. The number of hydrogen-bond acceptors (Lipinski definition) is 4. The van der Waals surface area contributed by atoms with Crippen molar-refractivity contribution >= 4 is 21.9 Å². The maximum absolute atomic E-state index is 5.31. The number of benzene rings is 3. The molecule has 0 aliphatic rings. The largest absolute Gasteiger partial charge is 0.497 e. The molecule has 0 atom stereocenters. The molecule has 0 unspecified atom stereocenters. The van der Waals surface area contributed by atoms with Crippen LogP contribution in [0.3, 0.4) is 0 Å². The topological polar surface area (TPSA) is 52.0 Å². The zero-order valence-electron chi connectivity index (χ0n) is 17.0. The minimum atomic E-state index is 0.795. The second kappa shape index (κ2) is 7.61. The first-order chi connectivity index (χ1) is 14.8. The summed E-state index contributed by atoms with van der Waals surface area (Å²) in [4.78, 5) is 9.55. The number of fused-ring (bicyclic) bond motifs is 2. The molecular formula is C25H22N4O. The van der Waals surface area contributed by atoms with Crippen LogP contribution < -0.4 is 10.1 Å². The summed E-state index contributed by atoms with van der Waals surface area (Å²) >= 11 is 0. The van der Waals surface area contributed by atoms with E-state index in [0.29, 0.717) is 0 Å². The van der Waals surface area contributed by atoms with Crippen molar-refractivity contribution in [2.75, 3.05) is 14.2 Å². The number of para-hydroxylation sites is 1. The number of nitrogens with one attached hydrogen (secondary N) is 1. The highest BCUT2D eigenvalue weighted by Gasteiger charge is 2.10. The van der Waals surface area contributed by atoms with Crippen LogP contribution in [0.15, 0.2) is 79.1 Å². The van der Waals surface area contributed by atoms with Crippen molar-refractivity contribution in [3.8, 4) is 22.7 Å². The highest BCUT2D eigenvalue weighted by atomic mass is 16.5. The van der Waals surface area contributed by atoms with Crippen molar-refractivity contribution < 1.29 is 4.74 Å². The van der Waals surface area contributed by atoms with Crippen molar-refractivity contribution in [2.24, 2.45) is 0 Å². The molecule has 5 heteroatoms. The summed E-state index contributed by atoms with van der Waals surface area (Å²) in [6.07, 6.45) is 1.81. The van der Waals surface area contributed by atoms with E-state index in [9.17, 15) is 0 Å². The summed E-state index contributed by atoms with van der Waals surface area (Å²) < 4.78 is 7.33. The highest BCUT2D eigenvalue weighted by Crippen LogP contribution is 2.29. The Morgan fingerprint density at radius 1 is 0.967 bits per heavy atom. The number of ether oxygens (including phenoxy) is 1. The lowest BCUT2D eigenvalue weighted by Crippen LogP contribution is -2.04. The number of imidazole rings is 1. The van der Waals surface area contributed by atoms with E-state index in [1.54, 1.807) is 7.11 Å². The molecule has 2 heterocycles. The predicted molar refractivity (Wildman–Crippen MR) is 121 cm³/mol. The summed E-state index contributed by atoms with van der Waals surface area (Å²) in [5.41, 5.74) is 6.39. The first-order valence-corrected chi connectivity index (χ1v) is 9.92. The maximum Gasteiger partial charge on any atom is 0.139 e. The van der Waals surface area contributed by atoms with Crippen molar-refractivity contribution in [3.05, 3.63) is 84.7 Å². The molecule has 5 rings (SSSR count). The van der Waals surface area contributed by atoms with Crippen molar-refractivity contribution in [3.63, 3.8) is 0 Å². The highest BCUT2D eigenvalue weighted by molar-refractivity contribution is 5.94. The smallest absolute Gasteiger partial charge is 0.139 e. The van der Waals surface area contributed by atoms with Crippen molar-refractivity contribution in [2.45, 2.75) is 6.54 Å². The van der Waals surface area contributed by atoms with Crippen LogP contribution in [0.2, 0.25) is 0 Å². The van der Waals surface area contributed by atoms with Crippen LogP contribution in [0, 0.1) is 0 Å². The van der Waals surface area contributed by atoms with Gasteiger partial charge in [0.1, 0.15) is 17.9 Å². The van der Waals surface area contributed by atoms with Crippen LogP contribution in [0.5, 0.6) is 5.75 Å². The van der Waals surface area contributed by atoms with E-state index >= 15 is 0 Å². The Hall–Kier alpha value is -3.70. The lowest BCUT2D eigenvalue weighted by Gasteiger charge is -2.10. The third-order valence-corrected chi connectivity index (χ3v) is 5.35. The average molecular weight is 394 g/mol. The Balaban J connectivity index is 1.63. The molecule has 148 valence electrons. The van der Waals surface area contributed by atoms with Crippen LogP contribution in [0.25, 0.3) is 38.9 Å². The third-order valence-electron chi connectivity index (χ3n) is 5.35. The van der Waals surface area contributed by atoms with E-state index in [-0.39, 0.29) is 0 Å². The fourth-order valence-electron chi connectivity index (χ4n) is 3.81. The van der Waals surface area contributed by atoms with E-state index in [2.05, 4.69) is 58.8 Å². The SMILES string of the molecule is CNCc1ccc(-c2cccc3ccc(-n4cnc5cc(OC)ccc54)nc23)cc1. The number of methoxy groups -OCH3 is 1. The average Bonchev–Trinajstić information content (AvgIpc) is 3.22. The number of nitrogens with zero attached hydrogens (tertiary/aromatic N) is 3. The van der Waals surface area contributed by atoms with Gasteiger partial charge >= 0.3 is 0 Å². The van der Waals surface area contributed by atoms with Gasteiger partial charge in [0, 0.05) is 23.6 Å². The predicted octanol–water partition coefficient (Wildman–Crippen LogP) is 4.97. The Bertz CT molecular complexity index is 1340. The van der Waals surface area contributed by atoms with Crippen molar-refractivity contribution in [1.29, 1.82) is 0 Å². The van der Waals surface area contributed by atoms with Gasteiger partial charge in [0.15, 0.2) is 0 Å². The van der Waals surface area contributed by atoms with E-state index in [4.69, 9.17) is 9.72 Å². The molecule has 0 fully saturated rings. The Labute approximate surface area is 175 Å². The summed E-state index contributed by atoms with van der Waals surface area (Å²) in [6, 6.07) is 25.0. The first kappa shape index (κ1) is 18.3. The van der Waals surface area contributed by atoms with Crippen LogP contribution in [0.4, 0.5) is 0 Å². The fraction of sp³-hybridized carbons (Fsp3) is 0.120. The third kappa shape index (κ3) is 3.19. The van der Waals surface area contributed by atoms with Crippen LogP contribution >= 0.6 is 0 Å². The maximum atomic E-state index is 5.31. The van der Waals surface area contributed by atoms with Gasteiger partial charge in [-0.15, -0.1) is 0 Å². The molecule has 2 aromatic heterocycles. The van der Waals surface area contributed by atoms with Gasteiger partial charge in [0.2, 0.25) is 0 Å². The molecule has 0 saturated carbocycles. The molecular weight excluding hydrogens is 372 g/mol. The molecule has 0 amide bonds. The Kier molecular flexibility index (Phi) is 4.65. The molecule has 0 spiro atoms. The van der Waals surface area contributed by atoms with Gasteiger partial charge in [-0.2, -0.15) is 0 Å². The summed E-state index contributed by atoms with van der Waals surface area (Å²) in [5, 5.41) is 4.30. The van der Waals surface area contributed by atoms with Crippen LogP contribution in [-0.4, -0.2) is 28.7 Å². The Morgan fingerprint density at radius 2 is 1.83 bits per heavy atom. The zero-order valence-corrected chi connectivity index (χ0v) is 17.0. The van der Waals surface area contributed by atoms with Crippen LogP contribution in [0.1, 0.15) is 5.56 Å². The summed E-state index contributed by atoms with van der Waals surface area (Å²) in [6.45, 7) is 0.858. The number of hydrogen-bond donors (Lipinski definition) is 1. The molecule has 0 aliphatic heterocycles. The molecule has 0 bridgehead atoms. The number of aromatic nitrogens is 3. The lowest BCUT2D eigenvalue weighted by molar-refractivity contribution is 0.415. The second-order valence-electron chi connectivity index (χ2n) is 7.24. The van der Waals surface area contributed by atoms with Crippen molar-refractivity contribution in [1.82, 2.24) is 19.9 Å². The molecule has 0 aliphatic carbocycles. The zero-order chi connectivity index (χ0) is 20.5. The van der Waals surface area contributed by atoms with Gasteiger partial charge in [0.25, 0.3) is 0 Å². The van der Waals surface area contributed by atoms with Gasteiger partial charge < -0.3 is 10.1 Å². The first-order valence-electron chi connectivity index (χ1n) is 9.92. The second-order valence-corrected chi connectivity index (χ2v) is 7.24. The Morgan fingerprint density at radius 3 is 2.63 bits per heavy atom. The standard InChI is InChI=1S/C25H22N4O/c1-26-15-17-6-8-18(9-7-17)21-5-3-4-19-10-13-24(28-25(19)21)29-16-27-22-14-20(30-2)11-12-23(22)29/h3-14,16,26H,15H2,1-2H3. The fourth-order valence-corrected chi connectivity index (χ4v) is 3.81. The van der Waals surface area contributed by atoms with Gasteiger partial charge in [-0.3, -0.25) is 4.57 Å². The van der Waals surface area contributed by atoms with E-state index < -0.39 is 0 Å². The molecule has 0 saturated heterocycles. The summed E-state index contributed by atoms with van der Waals surface area (Å²) in [7, 11) is 3.62. The molecule has 1 N–H and O–H groups in total. The van der Waals surface area contributed by atoms with Crippen LogP contribution in [-0.2, 0) is 6.54 Å². The van der Waals surface area contributed by atoms with Gasteiger partial charge in [0.05, 0.1) is 23.7 Å². The minimum Gasteiger partial charge on any atom is -0.497 e. The monoisotopic (exact) mass is 394 g/mol. The van der Waals surface area contributed by atoms with Gasteiger partial charge in [-0.05, 0) is 42.4 Å². The molecule has 3 aromatic carbocycles. The molecule has 30 heavy (non-hydrogen) atoms. The molecule has 5 nitrogen and oxygen atoms in total. The number of rotatable bonds is 5. The quantitative estimate of drug-likeness (QED) is 0.457. The molecule has 5 aromatic rings. The summed E-state index contributed by atoms with van der Waals surface area (Å²) in [5.74, 6) is 1.64. The van der Waals surface area contributed by atoms with Gasteiger partial charge in [-0.25, -0.2) is 9.97 Å². The van der Waals surface area contributed by atoms with E-state index in [1.807, 2.05) is 42.2 Å². The molecule has 0 radical (unpaired) electrons. The van der Waals surface area contributed by atoms with Gasteiger partial charge in [-0.1, -0.05) is 42.5 Å². The van der Waals surface area contributed by atoms with E-state index in [1.165, 1.54) is 5.56 Å². The number of pyridine rings is 1. The van der Waals surface area contributed by atoms with E-state index in [0.717, 1.165) is 51.2 Å².